The number of aromatic nitrogens is 3. The number of nitrogens with one attached hydrogen (secondary N) is 3. The van der Waals surface area contributed by atoms with Crippen LogP contribution in [0.2, 0.25) is 0 Å². The van der Waals surface area contributed by atoms with Gasteiger partial charge in [0.05, 0.1) is 7.11 Å². The molecule has 1 atom stereocenters. The van der Waals surface area contributed by atoms with Crippen molar-refractivity contribution in [3.05, 3.63) is 24.0 Å². The lowest BCUT2D eigenvalue weighted by Gasteiger charge is -2.24. The zero-order valence-corrected chi connectivity index (χ0v) is 19.0. The van der Waals surface area contributed by atoms with Gasteiger partial charge < -0.3 is 20.7 Å². The normalized spacial score (nSPS) is 19.7. The van der Waals surface area contributed by atoms with Crippen LogP contribution < -0.4 is 20.7 Å². The Balaban J connectivity index is 1.51. The highest BCUT2D eigenvalue weighted by Crippen LogP contribution is 2.25. The molecule has 0 amide bonds. The fourth-order valence-corrected chi connectivity index (χ4v) is 4.63. The van der Waals surface area contributed by atoms with Gasteiger partial charge in [0.2, 0.25) is 17.8 Å². The molecule has 0 spiro atoms. The number of likely N-dealkylation sites (tertiary alicyclic amines) is 1. The van der Waals surface area contributed by atoms with E-state index < -0.39 is 5.82 Å². The summed E-state index contributed by atoms with van der Waals surface area (Å²) in [7, 11) is 1.45. The predicted octanol–water partition coefficient (Wildman–Crippen LogP) is 4.40. The van der Waals surface area contributed by atoms with Crippen molar-refractivity contribution in [1.82, 2.24) is 19.9 Å². The number of hydrogen-bond acceptors (Lipinski definition) is 8. The number of benzene rings is 1. The van der Waals surface area contributed by atoms with Gasteiger partial charge >= 0.3 is 0 Å². The van der Waals surface area contributed by atoms with E-state index in [0.29, 0.717) is 35.6 Å². The Morgan fingerprint density at radius 2 is 1.81 bits per heavy atom. The highest BCUT2D eigenvalue weighted by atomic mass is 19.1. The molecule has 1 aliphatic heterocycles. The number of halogens is 1. The van der Waals surface area contributed by atoms with Crippen LogP contribution in [0.1, 0.15) is 51.9 Å². The first kappa shape index (κ1) is 22.5. The first-order valence-electron chi connectivity index (χ1n) is 11.8. The minimum atomic E-state index is -0.439. The molecule has 32 heavy (non-hydrogen) atoms. The SMILES string of the molecule is CCN1CCCC1CNc1nc(Nc2ccc(OC)c(F)c2)nc(NC2CCCCC2)n1. The molecule has 2 heterocycles. The van der Waals surface area contributed by atoms with E-state index in [4.69, 9.17) is 4.74 Å². The number of ether oxygens (including phenoxy) is 1. The largest absolute Gasteiger partial charge is 0.494 e. The van der Waals surface area contributed by atoms with Crippen LogP contribution in [0.5, 0.6) is 5.75 Å². The van der Waals surface area contributed by atoms with Crippen molar-refractivity contribution < 1.29 is 9.13 Å². The average molecular weight is 444 g/mol. The fourth-order valence-electron chi connectivity index (χ4n) is 4.63. The van der Waals surface area contributed by atoms with Crippen LogP contribution in [0.3, 0.4) is 0 Å². The molecule has 1 saturated carbocycles. The van der Waals surface area contributed by atoms with E-state index in [0.717, 1.165) is 32.5 Å². The minimum Gasteiger partial charge on any atom is -0.494 e. The van der Waals surface area contributed by atoms with Gasteiger partial charge in [0.25, 0.3) is 0 Å². The summed E-state index contributed by atoms with van der Waals surface area (Å²) < 4.78 is 19.1. The zero-order valence-electron chi connectivity index (χ0n) is 19.0. The van der Waals surface area contributed by atoms with E-state index in [-0.39, 0.29) is 5.75 Å². The van der Waals surface area contributed by atoms with Crippen molar-refractivity contribution in [2.24, 2.45) is 0 Å². The standard InChI is InChI=1S/C23H34FN7O/c1-3-31-13-7-10-18(31)15-25-21-28-22(26-16-8-5-4-6-9-16)30-23(29-21)27-17-11-12-20(32-2)19(24)14-17/h11-12,14,16,18H,3-10,13,15H2,1-2H3,(H3,25,26,27,28,29,30). The van der Waals surface area contributed by atoms with Crippen molar-refractivity contribution in [2.75, 3.05) is 42.7 Å². The molecule has 1 unspecified atom stereocenters. The van der Waals surface area contributed by atoms with Gasteiger partial charge in [-0.2, -0.15) is 15.0 Å². The summed E-state index contributed by atoms with van der Waals surface area (Å²) in [5.74, 6) is 1.21. The van der Waals surface area contributed by atoms with Crippen LogP contribution in [0, 0.1) is 5.82 Å². The Morgan fingerprint density at radius 1 is 1.03 bits per heavy atom. The monoisotopic (exact) mass is 443 g/mol. The second kappa shape index (κ2) is 10.8. The number of rotatable bonds is 9. The van der Waals surface area contributed by atoms with Gasteiger partial charge in [-0.1, -0.05) is 26.2 Å². The van der Waals surface area contributed by atoms with Gasteiger partial charge in [0.15, 0.2) is 11.6 Å². The highest BCUT2D eigenvalue weighted by Gasteiger charge is 2.23. The number of anilines is 4. The van der Waals surface area contributed by atoms with E-state index >= 15 is 0 Å². The molecule has 174 valence electrons. The Bertz CT molecular complexity index is 891. The number of methoxy groups -OCH3 is 1. The van der Waals surface area contributed by atoms with Crippen LogP contribution in [0.15, 0.2) is 18.2 Å². The molecule has 1 aromatic carbocycles. The maximum Gasteiger partial charge on any atom is 0.233 e. The number of nitrogens with zero attached hydrogens (tertiary/aromatic N) is 4. The Kier molecular flexibility index (Phi) is 7.57. The van der Waals surface area contributed by atoms with Crippen molar-refractivity contribution in [1.29, 1.82) is 0 Å². The maximum atomic E-state index is 14.1. The lowest BCUT2D eigenvalue weighted by atomic mass is 9.96. The summed E-state index contributed by atoms with van der Waals surface area (Å²) in [5.41, 5.74) is 0.553. The highest BCUT2D eigenvalue weighted by molar-refractivity contribution is 5.57. The molecule has 3 N–H and O–H groups in total. The number of hydrogen-bond donors (Lipinski definition) is 3. The first-order chi connectivity index (χ1) is 15.6. The fraction of sp³-hybridized carbons (Fsp3) is 0.609. The summed E-state index contributed by atoms with van der Waals surface area (Å²) in [6.45, 7) is 5.18. The van der Waals surface area contributed by atoms with E-state index in [1.165, 1.54) is 45.3 Å². The quantitative estimate of drug-likeness (QED) is 0.526. The van der Waals surface area contributed by atoms with Crippen molar-refractivity contribution in [3.8, 4) is 5.75 Å². The predicted molar refractivity (Wildman–Crippen MR) is 125 cm³/mol. The second-order valence-electron chi connectivity index (χ2n) is 8.57. The van der Waals surface area contributed by atoms with Crippen LogP contribution in [-0.4, -0.2) is 58.7 Å². The molecule has 1 aliphatic carbocycles. The number of likely N-dealkylation sites (N-methyl/N-ethyl adjacent to an activating group) is 1. The Hall–Kier alpha value is -2.68. The molecule has 4 rings (SSSR count). The van der Waals surface area contributed by atoms with Gasteiger partial charge in [0, 0.05) is 30.4 Å². The Labute approximate surface area is 189 Å². The molecular formula is C23H34FN7O. The van der Waals surface area contributed by atoms with E-state index in [2.05, 4.69) is 42.7 Å². The molecule has 2 fully saturated rings. The van der Waals surface area contributed by atoms with Crippen LogP contribution in [-0.2, 0) is 0 Å². The van der Waals surface area contributed by atoms with Crippen molar-refractivity contribution in [3.63, 3.8) is 0 Å². The first-order valence-corrected chi connectivity index (χ1v) is 11.8. The van der Waals surface area contributed by atoms with E-state index in [9.17, 15) is 4.39 Å². The molecule has 2 aliphatic rings. The van der Waals surface area contributed by atoms with E-state index in [1.54, 1.807) is 12.1 Å². The molecular weight excluding hydrogens is 409 g/mol. The molecule has 9 heteroatoms. The molecule has 0 radical (unpaired) electrons. The van der Waals surface area contributed by atoms with Crippen LogP contribution in [0.4, 0.5) is 27.9 Å². The smallest absolute Gasteiger partial charge is 0.233 e. The third-order valence-electron chi connectivity index (χ3n) is 6.38. The summed E-state index contributed by atoms with van der Waals surface area (Å²) in [4.78, 5) is 16.2. The Morgan fingerprint density at radius 3 is 2.56 bits per heavy atom. The van der Waals surface area contributed by atoms with Crippen molar-refractivity contribution >= 4 is 23.5 Å². The lowest BCUT2D eigenvalue weighted by molar-refractivity contribution is 0.277. The molecule has 8 nitrogen and oxygen atoms in total. The summed E-state index contributed by atoms with van der Waals surface area (Å²) in [5, 5.41) is 10.00. The summed E-state index contributed by atoms with van der Waals surface area (Å²) in [6.07, 6.45) is 8.37. The van der Waals surface area contributed by atoms with Gasteiger partial charge in [-0.25, -0.2) is 4.39 Å². The molecule has 1 saturated heterocycles. The van der Waals surface area contributed by atoms with Crippen LogP contribution >= 0.6 is 0 Å². The summed E-state index contributed by atoms with van der Waals surface area (Å²) >= 11 is 0. The van der Waals surface area contributed by atoms with Crippen LogP contribution in [0.25, 0.3) is 0 Å². The average Bonchev–Trinajstić information content (AvgIpc) is 3.26. The lowest BCUT2D eigenvalue weighted by Crippen LogP contribution is -2.35. The zero-order chi connectivity index (χ0) is 22.3. The van der Waals surface area contributed by atoms with Gasteiger partial charge in [-0.05, 0) is 50.9 Å². The van der Waals surface area contributed by atoms with Gasteiger partial charge in [-0.15, -0.1) is 0 Å². The minimum absolute atomic E-state index is 0.199. The third kappa shape index (κ3) is 5.76. The maximum absolute atomic E-state index is 14.1. The van der Waals surface area contributed by atoms with Crippen molar-refractivity contribution in [2.45, 2.75) is 64.0 Å². The molecule has 0 bridgehead atoms. The van der Waals surface area contributed by atoms with Gasteiger partial charge in [0.1, 0.15) is 0 Å². The topological polar surface area (TPSA) is 87.2 Å². The summed E-state index contributed by atoms with van der Waals surface area (Å²) in [6, 6.07) is 5.56. The van der Waals surface area contributed by atoms with E-state index in [1.807, 2.05) is 0 Å². The second-order valence-corrected chi connectivity index (χ2v) is 8.57. The molecule has 1 aromatic heterocycles. The molecule has 2 aromatic rings. The third-order valence-corrected chi connectivity index (χ3v) is 6.38. The van der Waals surface area contributed by atoms with Gasteiger partial charge in [-0.3, -0.25) is 4.90 Å².